The molecule has 2 N–H and O–H groups in total. The van der Waals surface area contributed by atoms with Crippen LogP contribution in [0.2, 0.25) is 18.1 Å². The van der Waals surface area contributed by atoms with Crippen LogP contribution < -0.4 is 4.74 Å². The zero-order chi connectivity index (χ0) is 28.4. The first-order valence-corrected chi connectivity index (χ1v) is 17.9. The Kier molecular flexibility index (Phi) is 9.76. The zero-order valence-electron chi connectivity index (χ0n) is 25.7. The maximum atomic E-state index is 11.4. The molecule has 1 aromatic carbocycles. The largest absolute Gasteiger partial charge is 0.508 e. The molecule has 2 aliphatic rings. The van der Waals surface area contributed by atoms with Crippen LogP contribution in [0.4, 0.5) is 0 Å². The number of aliphatic hydroxyl groups is 1. The van der Waals surface area contributed by atoms with Crippen LogP contribution in [0.15, 0.2) is 12.1 Å². The summed E-state index contributed by atoms with van der Waals surface area (Å²) in [5, 5.41) is 21.5. The van der Waals surface area contributed by atoms with E-state index in [-0.39, 0.29) is 34.8 Å². The van der Waals surface area contributed by atoms with Crippen molar-refractivity contribution in [2.45, 2.75) is 135 Å². The van der Waals surface area contributed by atoms with Gasteiger partial charge < -0.3 is 19.4 Å². The molecule has 38 heavy (non-hydrogen) atoms. The van der Waals surface area contributed by atoms with Crippen molar-refractivity contribution >= 4 is 8.32 Å². The highest BCUT2D eigenvalue weighted by molar-refractivity contribution is 6.74. The van der Waals surface area contributed by atoms with Crippen molar-refractivity contribution in [3.05, 3.63) is 23.3 Å². The topological polar surface area (TPSA) is 58.9 Å². The number of rotatable bonds is 9. The van der Waals surface area contributed by atoms with Crippen molar-refractivity contribution in [1.82, 2.24) is 0 Å². The summed E-state index contributed by atoms with van der Waals surface area (Å²) >= 11 is 0. The molecule has 0 unspecified atom stereocenters. The van der Waals surface area contributed by atoms with Gasteiger partial charge in [-0.15, -0.1) is 0 Å². The van der Waals surface area contributed by atoms with E-state index in [0.717, 1.165) is 42.6 Å². The normalized spacial score (nSPS) is 25.6. The van der Waals surface area contributed by atoms with Gasteiger partial charge in [0.2, 0.25) is 0 Å². The summed E-state index contributed by atoms with van der Waals surface area (Å²) in [5.74, 6) is 8.47. The second-order valence-electron chi connectivity index (χ2n) is 14.2. The molecule has 1 saturated carbocycles. The van der Waals surface area contributed by atoms with Crippen LogP contribution in [-0.2, 0) is 9.84 Å². The molecule has 5 heteroatoms. The summed E-state index contributed by atoms with van der Waals surface area (Å²) in [7, 11) is -1.88. The van der Waals surface area contributed by atoms with Crippen LogP contribution in [0, 0.1) is 23.7 Å². The molecule has 1 fully saturated rings. The maximum Gasteiger partial charge on any atom is 0.193 e. The van der Waals surface area contributed by atoms with Gasteiger partial charge in [0, 0.05) is 18.1 Å². The second kappa shape index (κ2) is 11.9. The third kappa shape index (κ3) is 6.80. The summed E-state index contributed by atoms with van der Waals surface area (Å²) < 4.78 is 13.1. The highest BCUT2D eigenvalue weighted by atomic mass is 28.4. The van der Waals surface area contributed by atoms with Crippen LogP contribution >= 0.6 is 0 Å². The van der Waals surface area contributed by atoms with E-state index >= 15 is 0 Å². The van der Waals surface area contributed by atoms with Crippen molar-refractivity contribution < 1.29 is 19.4 Å². The number of phenols is 1. The Morgan fingerprint density at radius 2 is 1.82 bits per heavy atom. The third-order valence-electron chi connectivity index (χ3n) is 9.82. The summed E-state index contributed by atoms with van der Waals surface area (Å²) in [5.41, 5.74) is 1.32. The van der Waals surface area contributed by atoms with Gasteiger partial charge in [0.1, 0.15) is 11.5 Å². The van der Waals surface area contributed by atoms with Crippen LogP contribution in [0.25, 0.3) is 0 Å². The molecule has 1 aromatic rings. The standard InChI is InChI=1S/C33H54O4Si/c1-10-11-12-13-17-32(5,6)25-21-28(35)30-26-20-24(23-34)15-16-27(26)33(7,37-29(30)22-25)18-14-19-36-38(8,9)31(2,3)4/h21-22,24,26-27,34-35H,10-13,15-17,19-20,23H2,1-9H3/t24-,26-,27-,33+/m1/s1. The monoisotopic (exact) mass is 542 g/mol. The molecule has 1 aliphatic carbocycles. The molecule has 0 saturated heterocycles. The molecule has 1 aliphatic heterocycles. The Bertz CT molecular complexity index is 1010. The minimum Gasteiger partial charge on any atom is -0.508 e. The molecule has 0 bridgehead atoms. The number of hydrogen-bond donors (Lipinski definition) is 2. The minimum absolute atomic E-state index is 0.0558. The number of phenolic OH excluding ortho intramolecular Hbond substituents is 1. The summed E-state index contributed by atoms with van der Waals surface area (Å²) in [6.45, 7) is 20.7. The average Bonchev–Trinajstić information content (AvgIpc) is 2.83. The first kappa shape index (κ1) is 31.0. The van der Waals surface area contributed by atoms with E-state index in [2.05, 4.69) is 79.5 Å². The molecule has 4 nitrogen and oxygen atoms in total. The van der Waals surface area contributed by atoms with Gasteiger partial charge in [0.25, 0.3) is 0 Å². The molecule has 0 spiro atoms. The molecule has 214 valence electrons. The number of aliphatic hydroxyl groups excluding tert-OH is 1. The maximum absolute atomic E-state index is 11.4. The van der Waals surface area contributed by atoms with Crippen LogP contribution in [-0.4, -0.2) is 37.3 Å². The lowest BCUT2D eigenvalue weighted by molar-refractivity contribution is 0.00656. The van der Waals surface area contributed by atoms with Gasteiger partial charge in [0.15, 0.2) is 13.9 Å². The third-order valence-corrected chi connectivity index (χ3v) is 14.3. The van der Waals surface area contributed by atoms with Gasteiger partial charge in [-0.25, -0.2) is 0 Å². The van der Waals surface area contributed by atoms with E-state index in [1.807, 2.05) is 6.07 Å². The number of hydrogen-bond acceptors (Lipinski definition) is 4. The van der Waals surface area contributed by atoms with Gasteiger partial charge >= 0.3 is 0 Å². The minimum atomic E-state index is -1.88. The molecule has 3 rings (SSSR count). The van der Waals surface area contributed by atoms with E-state index in [1.54, 1.807) is 0 Å². The van der Waals surface area contributed by atoms with Gasteiger partial charge in [-0.05, 0) is 85.7 Å². The predicted octanol–water partition coefficient (Wildman–Crippen LogP) is 8.31. The Balaban J connectivity index is 1.94. The summed E-state index contributed by atoms with van der Waals surface area (Å²) in [6, 6.07) is 4.14. The number of unbranched alkanes of at least 4 members (excludes halogenated alkanes) is 3. The smallest absolute Gasteiger partial charge is 0.193 e. The van der Waals surface area contributed by atoms with Gasteiger partial charge in [-0.1, -0.05) is 79.1 Å². The zero-order valence-corrected chi connectivity index (χ0v) is 26.7. The average molecular weight is 543 g/mol. The molecular formula is C33H54O4Si. The van der Waals surface area contributed by atoms with Crippen molar-refractivity contribution in [3.63, 3.8) is 0 Å². The number of fused-ring (bicyclic) bond motifs is 3. The first-order valence-electron chi connectivity index (χ1n) is 15.0. The Morgan fingerprint density at radius 3 is 2.45 bits per heavy atom. The molecular weight excluding hydrogens is 488 g/mol. The fraction of sp³-hybridized carbons (Fsp3) is 0.758. The number of aromatic hydroxyl groups is 1. The fourth-order valence-electron chi connectivity index (χ4n) is 6.07. The SMILES string of the molecule is CCCCCCC(C)(C)c1cc(O)c2c(c1)O[C@@](C)(C#CCO[Si](C)(C)C(C)(C)C)[C@@H]1CC[C@@H](CO)C[C@@H]21. The lowest BCUT2D eigenvalue weighted by Crippen LogP contribution is -2.48. The fourth-order valence-corrected chi connectivity index (χ4v) is 6.93. The number of benzene rings is 1. The van der Waals surface area contributed by atoms with E-state index in [1.165, 1.54) is 25.7 Å². The molecule has 0 radical (unpaired) electrons. The van der Waals surface area contributed by atoms with Crippen molar-refractivity contribution in [1.29, 1.82) is 0 Å². The summed E-state index contributed by atoms with van der Waals surface area (Å²) in [4.78, 5) is 0. The van der Waals surface area contributed by atoms with E-state index in [4.69, 9.17) is 9.16 Å². The van der Waals surface area contributed by atoms with E-state index < -0.39 is 13.9 Å². The van der Waals surface area contributed by atoms with Crippen LogP contribution in [0.5, 0.6) is 11.5 Å². The lowest BCUT2D eigenvalue weighted by Gasteiger charge is -2.48. The van der Waals surface area contributed by atoms with Crippen molar-refractivity contribution in [2.75, 3.05) is 13.2 Å². The highest BCUT2D eigenvalue weighted by Gasteiger charge is 2.50. The van der Waals surface area contributed by atoms with Gasteiger partial charge in [-0.2, -0.15) is 0 Å². The predicted molar refractivity (Wildman–Crippen MR) is 161 cm³/mol. The first-order chi connectivity index (χ1) is 17.6. The van der Waals surface area contributed by atoms with E-state index in [9.17, 15) is 10.2 Å². The van der Waals surface area contributed by atoms with E-state index in [0.29, 0.717) is 12.4 Å². The van der Waals surface area contributed by atoms with Gasteiger partial charge in [-0.3, -0.25) is 0 Å². The Morgan fingerprint density at radius 1 is 1.11 bits per heavy atom. The quantitative estimate of drug-likeness (QED) is 0.187. The number of ether oxygens (including phenoxy) is 1. The summed E-state index contributed by atoms with van der Waals surface area (Å²) in [6.07, 6.45) is 8.72. The Labute approximate surface area is 234 Å². The lowest BCUT2D eigenvalue weighted by atomic mass is 9.63. The molecule has 4 atom stereocenters. The van der Waals surface area contributed by atoms with Crippen molar-refractivity contribution in [2.24, 2.45) is 11.8 Å². The molecule has 0 amide bonds. The Hall–Kier alpha value is -1.48. The van der Waals surface area contributed by atoms with Gasteiger partial charge in [0.05, 0.1) is 6.61 Å². The van der Waals surface area contributed by atoms with Crippen molar-refractivity contribution in [3.8, 4) is 23.3 Å². The van der Waals surface area contributed by atoms with Crippen LogP contribution in [0.3, 0.4) is 0 Å². The second-order valence-corrected chi connectivity index (χ2v) is 19.0. The highest BCUT2D eigenvalue weighted by Crippen LogP contribution is 2.56. The molecule has 0 aromatic heterocycles. The van der Waals surface area contributed by atoms with Crippen LogP contribution in [0.1, 0.15) is 117 Å². The molecule has 1 heterocycles.